The second-order valence-electron chi connectivity index (χ2n) is 8.78. The highest BCUT2D eigenvalue weighted by molar-refractivity contribution is 8.18. The van der Waals surface area contributed by atoms with Crippen LogP contribution in [0.1, 0.15) is 29.2 Å². The number of ether oxygens (including phenoxy) is 1. The average Bonchev–Trinajstić information content (AvgIpc) is 3.53. The lowest BCUT2D eigenvalue weighted by molar-refractivity contribution is -0.113. The van der Waals surface area contributed by atoms with Gasteiger partial charge in [0.05, 0.1) is 23.8 Å². The number of nitrogens with zero attached hydrogens (tertiary/aromatic N) is 3. The number of halogens is 1. The van der Waals surface area contributed by atoms with Gasteiger partial charge in [-0.1, -0.05) is 78.3 Å². The van der Waals surface area contributed by atoms with Crippen LogP contribution < -0.4 is 4.74 Å². The van der Waals surface area contributed by atoms with Crippen LogP contribution in [0.3, 0.4) is 0 Å². The molecule has 37 heavy (non-hydrogen) atoms. The smallest absolute Gasteiger partial charge is 0.286 e. The van der Waals surface area contributed by atoms with Crippen LogP contribution in [0.4, 0.5) is 0 Å². The maximum atomic E-state index is 12.9. The highest BCUT2D eigenvalue weighted by Crippen LogP contribution is 2.40. The van der Waals surface area contributed by atoms with Crippen molar-refractivity contribution >= 4 is 57.0 Å². The lowest BCUT2D eigenvalue weighted by Crippen LogP contribution is -2.23. The highest BCUT2D eigenvalue weighted by Gasteiger charge is 2.36. The fourth-order valence-corrected chi connectivity index (χ4v) is 5.63. The fourth-order valence-electron chi connectivity index (χ4n) is 4.60. The van der Waals surface area contributed by atoms with E-state index in [4.69, 9.17) is 21.4 Å². The summed E-state index contributed by atoms with van der Waals surface area (Å²) in [4.78, 5) is 17.9. The van der Waals surface area contributed by atoms with Gasteiger partial charge in [0, 0.05) is 17.0 Å². The van der Waals surface area contributed by atoms with Crippen LogP contribution in [0.25, 0.3) is 16.8 Å². The van der Waals surface area contributed by atoms with Crippen LogP contribution in [0.2, 0.25) is 5.02 Å². The van der Waals surface area contributed by atoms with E-state index in [2.05, 4.69) is 35.3 Å². The Hall–Kier alpha value is -3.87. The number of thioether (sulfide) groups is 1. The molecule has 1 amide bonds. The van der Waals surface area contributed by atoms with Gasteiger partial charge in [-0.2, -0.15) is 10.1 Å². The summed E-state index contributed by atoms with van der Waals surface area (Å²) in [5.74, 6) is 0.420. The lowest BCUT2D eigenvalue weighted by atomic mass is 9.97. The highest BCUT2D eigenvalue weighted by atomic mass is 35.5. The molecule has 0 aromatic heterocycles. The summed E-state index contributed by atoms with van der Waals surface area (Å²) in [5, 5.41) is 10.4. The van der Waals surface area contributed by atoms with Gasteiger partial charge in [-0.25, -0.2) is 5.01 Å². The summed E-state index contributed by atoms with van der Waals surface area (Å²) in [5.41, 5.74) is 3.89. The van der Waals surface area contributed by atoms with Gasteiger partial charge >= 0.3 is 0 Å². The lowest BCUT2D eigenvalue weighted by Gasteiger charge is -2.22. The average molecular weight is 524 g/mol. The topological polar surface area (TPSA) is 54.3 Å². The maximum absolute atomic E-state index is 12.9. The Labute approximate surface area is 224 Å². The Kier molecular flexibility index (Phi) is 6.28. The van der Waals surface area contributed by atoms with E-state index in [0.29, 0.717) is 27.3 Å². The van der Waals surface area contributed by atoms with Crippen molar-refractivity contribution in [1.29, 1.82) is 0 Å². The van der Waals surface area contributed by atoms with Crippen molar-refractivity contribution in [2.24, 2.45) is 10.1 Å². The Morgan fingerprint density at radius 2 is 1.73 bits per heavy atom. The van der Waals surface area contributed by atoms with Gasteiger partial charge in [-0.15, -0.1) is 0 Å². The number of methoxy groups -OCH3 is 1. The molecule has 0 spiro atoms. The van der Waals surface area contributed by atoms with Crippen molar-refractivity contribution < 1.29 is 9.53 Å². The third kappa shape index (κ3) is 4.66. The molecule has 0 saturated carbocycles. The van der Waals surface area contributed by atoms with Gasteiger partial charge in [0.25, 0.3) is 5.91 Å². The summed E-state index contributed by atoms with van der Waals surface area (Å²) in [6.07, 6.45) is 2.50. The van der Waals surface area contributed by atoms with E-state index in [0.717, 1.165) is 27.8 Å². The van der Waals surface area contributed by atoms with Gasteiger partial charge in [0.1, 0.15) is 5.75 Å². The number of fused-ring (bicyclic) bond motifs is 1. The van der Waals surface area contributed by atoms with Crippen molar-refractivity contribution in [2.75, 3.05) is 7.11 Å². The molecule has 0 radical (unpaired) electrons. The largest absolute Gasteiger partial charge is 0.496 e. The van der Waals surface area contributed by atoms with Crippen molar-refractivity contribution in [3.63, 3.8) is 0 Å². The quantitative estimate of drug-likeness (QED) is 0.263. The van der Waals surface area contributed by atoms with E-state index in [1.807, 2.05) is 71.7 Å². The number of amidine groups is 1. The van der Waals surface area contributed by atoms with Crippen molar-refractivity contribution in [2.45, 2.75) is 12.5 Å². The molecule has 4 aromatic rings. The minimum Gasteiger partial charge on any atom is -0.496 e. The molecule has 6 rings (SSSR count). The molecule has 2 aliphatic rings. The number of benzene rings is 4. The number of hydrogen-bond acceptors (Lipinski definition) is 5. The molecule has 0 fully saturated rings. The molecule has 1 unspecified atom stereocenters. The zero-order valence-corrected chi connectivity index (χ0v) is 21.5. The first-order chi connectivity index (χ1) is 18.1. The molecule has 1 atom stereocenters. The van der Waals surface area contributed by atoms with Crippen LogP contribution in [0.5, 0.6) is 5.75 Å². The number of para-hydroxylation sites is 1. The zero-order valence-electron chi connectivity index (χ0n) is 20.0. The molecule has 182 valence electrons. The van der Waals surface area contributed by atoms with Crippen LogP contribution in [0, 0.1) is 0 Å². The molecular weight excluding hydrogens is 502 g/mol. The number of carbonyl (C=O) groups excluding carboxylic acids is 1. The zero-order chi connectivity index (χ0) is 25.4. The minimum atomic E-state index is -0.282. The summed E-state index contributed by atoms with van der Waals surface area (Å²) in [6.45, 7) is 0. The summed E-state index contributed by atoms with van der Waals surface area (Å²) in [6, 6.07) is 29.9. The first-order valence-corrected chi connectivity index (χ1v) is 13.1. The van der Waals surface area contributed by atoms with E-state index in [-0.39, 0.29) is 11.9 Å². The Morgan fingerprint density at radius 1 is 0.973 bits per heavy atom. The number of hydrogen-bond donors (Lipinski definition) is 0. The van der Waals surface area contributed by atoms with E-state index in [9.17, 15) is 4.79 Å². The molecule has 0 saturated heterocycles. The molecule has 0 bridgehead atoms. The Balaban J connectivity index is 1.36. The predicted octanol–water partition coefficient (Wildman–Crippen LogP) is 7.32. The third-order valence-electron chi connectivity index (χ3n) is 6.48. The van der Waals surface area contributed by atoms with Gasteiger partial charge < -0.3 is 4.74 Å². The predicted molar refractivity (Wildman–Crippen MR) is 152 cm³/mol. The van der Waals surface area contributed by atoms with Crippen molar-refractivity contribution in [1.82, 2.24) is 5.01 Å². The molecular formula is C30H22ClN3O2S. The van der Waals surface area contributed by atoms with Crippen LogP contribution in [-0.2, 0) is 4.79 Å². The van der Waals surface area contributed by atoms with Crippen LogP contribution in [0.15, 0.2) is 106 Å². The summed E-state index contributed by atoms with van der Waals surface area (Å²) < 4.78 is 5.45. The third-order valence-corrected chi connectivity index (χ3v) is 7.70. The molecule has 0 aliphatic carbocycles. The molecule has 4 aromatic carbocycles. The van der Waals surface area contributed by atoms with E-state index in [1.165, 1.54) is 17.1 Å². The summed E-state index contributed by atoms with van der Waals surface area (Å²) in [7, 11) is 1.62. The monoisotopic (exact) mass is 523 g/mol. The Morgan fingerprint density at radius 3 is 2.54 bits per heavy atom. The minimum absolute atomic E-state index is 0.108. The molecule has 2 heterocycles. The van der Waals surface area contributed by atoms with Crippen molar-refractivity contribution in [3.05, 3.63) is 118 Å². The van der Waals surface area contributed by atoms with Gasteiger partial charge in [0.15, 0.2) is 5.17 Å². The molecule has 7 heteroatoms. The molecule has 2 aliphatic heterocycles. The second kappa shape index (κ2) is 9.88. The number of hydrazone groups is 1. The van der Waals surface area contributed by atoms with Gasteiger partial charge in [-0.05, 0) is 64.0 Å². The number of carbonyl (C=O) groups is 1. The normalized spacial score (nSPS) is 18.4. The molecule has 5 nitrogen and oxygen atoms in total. The number of rotatable bonds is 4. The standard InChI is InChI=1S/C30H22ClN3O2S/c1-36-27-9-5-4-8-23(27)17-28-29(35)32-30(37-28)34-26(20-12-14-24(31)15-13-20)18-25(33-34)22-11-10-19-6-2-3-7-21(19)16-22/h2-17,26H,18H2,1H3/b28-17-. The first kappa shape index (κ1) is 23.5. The Bertz CT molecular complexity index is 1610. The molecule has 0 N–H and O–H groups in total. The first-order valence-electron chi connectivity index (χ1n) is 11.9. The maximum Gasteiger partial charge on any atom is 0.286 e. The van der Waals surface area contributed by atoms with E-state index < -0.39 is 0 Å². The number of amides is 1. The van der Waals surface area contributed by atoms with E-state index in [1.54, 1.807) is 7.11 Å². The SMILES string of the molecule is COc1ccccc1/C=C1\SC(N2N=C(c3ccc4ccccc4c3)CC2c2ccc(Cl)cc2)=NC1=O. The second-order valence-corrected chi connectivity index (χ2v) is 10.2. The van der Waals surface area contributed by atoms with Crippen LogP contribution >= 0.6 is 23.4 Å². The number of aliphatic imine (C=N–C) groups is 1. The summed E-state index contributed by atoms with van der Waals surface area (Å²) >= 11 is 7.50. The van der Waals surface area contributed by atoms with Crippen LogP contribution in [-0.4, -0.2) is 28.9 Å². The van der Waals surface area contributed by atoms with Crippen molar-refractivity contribution in [3.8, 4) is 5.75 Å². The van der Waals surface area contributed by atoms with Gasteiger partial charge in [-0.3, -0.25) is 4.79 Å². The van der Waals surface area contributed by atoms with E-state index >= 15 is 0 Å². The fraction of sp³-hybridized carbons (Fsp3) is 0.100. The van der Waals surface area contributed by atoms with Gasteiger partial charge in [0.2, 0.25) is 0 Å².